The van der Waals surface area contributed by atoms with Gasteiger partial charge in [-0.2, -0.15) is 0 Å². The number of nitrogens with zero attached hydrogens (tertiary/aromatic N) is 3. The Morgan fingerprint density at radius 3 is 3.00 bits per heavy atom. The summed E-state index contributed by atoms with van der Waals surface area (Å²) in [5.41, 5.74) is 5.12. The molecule has 0 spiro atoms. The lowest BCUT2D eigenvalue weighted by atomic mass is 10.1. The second-order valence-corrected chi connectivity index (χ2v) is 6.03. The van der Waals surface area contributed by atoms with Gasteiger partial charge in [-0.1, -0.05) is 19.1 Å². The van der Waals surface area contributed by atoms with Crippen LogP contribution in [-0.4, -0.2) is 31.8 Å². The molecule has 4 aromatic rings. The standard InChI is InChI=1S/C19H19N5O/c1-3-8-21-19(25)14-6-4-5-13(10-14)17-16-11-22-18-15(7-9-20-18)24(16)12(2)23-17/h4-7,9-11,20H,3,8H2,1-2H3,(H,21,25). The monoisotopic (exact) mass is 333 g/mol. The Bertz CT molecular complexity index is 1080. The number of fused-ring (bicyclic) bond motifs is 3. The Morgan fingerprint density at radius 2 is 2.16 bits per heavy atom. The fraction of sp³-hybridized carbons (Fsp3) is 0.211. The highest BCUT2D eigenvalue weighted by molar-refractivity contribution is 5.96. The zero-order chi connectivity index (χ0) is 17.4. The molecule has 0 unspecified atom stereocenters. The predicted octanol–water partition coefficient (Wildman–Crippen LogP) is 3.33. The molecule has 0 bridgehead atoms. The van der Waals surface area contributed by atoms with E-state index in [1.165, 1.54) is 0 Å². The maximum Gasteiger partial charge on any atom is 0.251 e. The first-order valence-electron chi connectivity index (χ1n) is 8.39. The van der Waals surface area contributed by atoms with E-state index in [1.54, 1.807) is 0 Å². The Morgan fingerprint density at radius 1 is 1.28 bits per heavy atom. The van der Waals surface area contributed by atoms with Crippen molar-refractivity contribution in [2.45, 2.75) is 20.3 Å². The van der Waals surface area contributed by atoms with E-state index in [0.717, 1.165) is 40.2 Å². The molecule has 25 heavy (non-hydrogen) atoms. The molecule has 0 radical (unpaired) electrons. The highest BCUT2D eigenvalue weighted by Gasteiger charge is 2.15. The number of benzene rings is 1. The van der Waals surface area contributed by atoms with E-state index >= 15 is 0 Å². The fourth-order valence-electron chi connectivity index (χ4n) is 3.09. The van der Waals surface area contributed by atoms with Gasteiger partial charge >= 0.3 is 0 Å². The maximum atomic E-state index is 12.2. The molecule has 0 aliphatic carbocycles. The molecule has 1 aromatic carbocycles. The molecule has 0 aliphatic rings. The number of aryl methyl sites for hydroxylation is 1. The van der Waals surface area contributed by atoms with E-state index in [0.29, 0.717) is 12.1 Å². The zero-order valence-corrected chi connectivity index (χ0v) is 14.2. The number of H-pyrrole nitrogens is 1. The van der Waals surface area contributed by atoms with Crippen LogP contribution in [0.5, 0.6) is 0 Å². The van der Waals surface area contributed by atoms with Crippen molar-refractivity contribution >= 4 is 22.6 Å². The van der Waals surface area contributed by atoms with E-state index in [4.69, 9.17) is 4.98 Å². The van der Waals surface area contributed by atoms with Crippen molar-refractivity contribution in [1.82, 2.24) is 24.7 Å². The topological polar surface area (TPSA) is 75.1 Å². The normalized spacial score (nSPS) is 11.3. The van der Waals surface area contributed by atoms with Gasteiger partial charge in [0.15, 0.2) is 5.65 Å². The third-order valence-electron chi connectivity index (χ3n) is 4.28. The lowest BCUT2D eigenvalue weighted by Gasteiger charge is -2.05. The number of amides is 1. The molecule has 0 aliphatic heterocycles. The van der Waals surface area contributed by atoms with Crippen LogP contribution in [0.15, 0.2) is 42.7 Å². The molecule has 4 rings (SSSR count). The quantitative estimate of drug-likeness (QED) is 0.601. The number of rotatable bonds is 4. The minimum absolute atomic E-state index is 0.0601. The third-order valence-corrected chi connectivity index (χ3v) is 4.28. The van der Waals surface area contributed by atoms with Gasteiger partial charge in [-0.3, -0.25) is 9.20 Å². The molecule has 1 amide bonds. The first-order chi connectivity index (χ1) is 12.2. The van der Waals surface area contributed by atoms with Gasteiger partial charge in [0.25, 0.3) is 5.91 Å². The number of hydrogen-bond acceptors (Lipinski definition) is 3. The molecular weight excluding hydrogens is 314 g/mol. The molecule has 2 N–H and O–H groups in total. The Labute approximate surface area is 144 Å². The van der Waals surface area contributed by atoms with Gasteiger partial charge in [-0.25, -0.2) is 9.97 Å². The molecular formula is C19H19N5O. The van der Waals surface area contributed by atoms with Crippen molar-refractivity contribution in [3.05, 3.63) is 54.1 Å². The van der Waals surface area contributed by atoms with Crippen LogP contribution in [0.3, 0.4) is 0 Å². The van der Waals surface area contributed by atoms with Crippen molar-refractivity contribution in [3.63, 3.8) is 0 Å². The Kier molecular flexibility index (Phi) is 3.72. The minimum atomic E-state index is -0.0601. The second-order valence-electron chi connectivity index (χ2n) is 6.03. The van der Waals surface area contributed by atoms with E-state index in [-0.39, 0.29) is 5.91 Å². The lowest BCUT2D eigenvalue weighted by molar-refractivity contribution is 0.0953. The summed E-state index contributed by atoms with van der Waals surface area (Å²) in [6.07, 6.45) is 4.60. The SMILES string of the molecule is CCCNC(=O)c1cccc(-c2nc(C)n3c2cnc2[nH]ccc23)c1. The van der Waals surface area contributed by atoms with Gasteiger partial charge in [0.2, 0.25) is 0 Å². The number of aromatic nitrogens is 4. The van der Waals surface area contributed by atoms with Crippen molar-refractivity contribution in [1.29, 1.82) is 0 Å². The molecule has 0 saturated carbocycles. The molecule has 3 heterocycles. The van der Waals surface area contributed by atoms with E-state index in [9.17, 15) is 4.79 Å². The highest BCUT2D eigenvalue weighted by Crippen LogP contribution is 2.27. The van der Waals surface area contributed by atoms with Crippen LogP contribution in [0.1, 0.15) is 29.5 Å². The average Bonchev–Trinajstić information content (AvgIpc) is 3.23. The molecule has 0 saturated heterocycles. The average molecular weight is 333 g/mol. The molecule has 6 heteroatoms. The number of imidazole rings is 1. The highest BCUT2D eigenvalue weighted by atomic mass is 16.1. The summed E-state index contributed by atoms with van der Waals surface area (Å²) in [5.74, 6) is 0.827. The van der Waals surface area contributed by atoms with Crippen LogP contribution in [0, 0.1) is 6.92 Å². The van der Waals surface area contributed by atoms with Crippen LogP contribution < -0.4 is 5.32 Å². The van der Waals surface area contributed by atoms with Crippen molar-refractivity contribution < 1.29 is 4.79 Å². The molecule has 0 fully saturated rings. The van der Waals surface area contributed by atoms with Gasteiger partial charge < -0.3 is 10.3 Å². The summed E-state index contributed by atoms with van der Waals surface area (Å²) >= 11 is 0. The third kappa shape index (κ3) is 2.55. The van der Waals surface area contributed by atoms with Gasteiger partial charge in [0.1, 0.15) is 5.82 Å². The van der Waals surface area contributed by atoms with Crippen LogP contribution >= 0.6 is 0 Å². The van der Waals surface area contributed by atoms with Crippen LogP contribution in [-0.2, 0) is 0 Å². The molecule has 6 nitrogen and oxygen atoms in total. The van der Waals surface area contributed by atoms with Gasteiger partial charge in [-0.15, -0.1) is 0 Å². The summed E-state index contributed by atoms with van der Waals surface area (Å²) in [4.78, 5) is 24.6. The number of nitrogens with one attached hydrogen (secondary N) is 2. The van der Waals surface area contributed by atoms with Gasteiger partial charge in [-0.05, 0) is 31.5 Å². The predicted molar refractivity (Wildman–Crippen MR) is 97.6 cm³/mol. The summed E-state index contributed by atoms with van der Waals surface area (Å²) in [6, 6.07) is 9.55. The maximum absolute atomic E-state index is 12.2. The summed E-state index contributed by atoms with van der Waals surface area (Å²) in [5, 5.41) is 2.91. The molecule has 3 aromatic heterocycles. The summed E-state index contributed by atoms with van der Waals surface area (Å²) in [6.45, 7) is 4.68. The fourth-order valence-corrected chi connectivity index (χ4v) is 3.09. The number of carbonyl (C=O) groups excluding carboxylic acids is 1. The van der Waals surface area contributed by atoms with Crippen LogP contribution in [0.25, 0.3) is 27.9 Å². The number of carbonyl (C=O) groups is 1. The van der Waals surface area contributed by atoms with Crippen molar-refractivity contribution in [2.24, 2.45) is 0 Å². The molecule has 126 valence electrons. The number of hydrogen-bond donors (Lipinski definition) is 2. The number of aromatic amines is 1. The van der Waals surface area contributed by atoms with E-state index in [1.807, 2.05) is 56.6 Å². The second kappa shape index (κ2) is 6.05. The van der Waals surface area contributed by atoms with Crippen molar-refractivity contribution in [2.75, 3.05) is 6.54 Å². The minimum Gasteiger partial charge on any atom is -0.352 e. The van der Waals surface area contributed by atoms with Gasteiger partial charge in [0, 0.05) is 23.9 Å². The van der Waals surface area contributed by atoms with Crippen LogP contribution in [0.4, 0.5) is 0 Å². The Balaban J connectivity index is 1.84. The van der Waals surface area contributed by atoms with Crippen LogP contribution in [0.2, 0.25) is 0 Å². The van der Waals surface area contributed by atoms with E-state index in [2.05, 4.69) is 19.7 Å². The zero-order valence-electron chi connectivity index (χ0n) is 14.2. The largest absolute Gasteiger partial charge is 0.352 e. The van der Waals surface area contributed by atoms with Gasteiger partial charge in [0.05, 0.1) is 22.9 Å². The van der Waals surface area contributed by atoms with E-state index < -0.39 is 0 Å². The smallest absolute Gasteiger partial charge is 0.251 e. The van der Waals surface area contributed by atoms with Crippen molar-refractivity contribution in [3.8, 4) is 11.3 Å². The Hall–Kier alpha value is -3.15. The molecule has 0 atom stereocenters. The summed E-state index contributed by atoms with van der Waals surface area (Å²) in [7, 11) is 0. The lowest BCUT2D eigenvalue weighted by Crippen LogP contribution is -2.23. The summed E-state index contributed by atoms with van der Waals surface area (Å²) < 4.78 is 2.08. The first-order valence-corrected chi connectivity index (χ1v) is 8.39. The first kappa shape index (κ1) is 15.4.